The van der Waals surface area contributed by atoms with Crippen molar-refractivity contribution in [2.45, 2.75) is 19.3 Å². The average molecular weight is 320 g/mol. The minimum absolute atomic E-state index is 0.446. The van der Waals surface area contributed by atoms with Gasteiger partial charge >= 0.3 is 0 Å². The lowest BCUT2D eigenvalue weighted by Crippen LogP contribution is -2.19. The number of aromatic nitrogens is 3. The summed E-state index contributed by atoms with van der Waals surface area (Å²) in [5.74, 6) is 0.245. The van der Waals surface area contributed by atoms with Gasteiger partial charge in [0.25, 0.3) is 5.91 Å². The van der Waals surface area contributed by atoms with E-state index >= 15 is 0 Å². The molecule has 2 aromatic heterocycles. The number of methoxy groups -OCH3 is 1. The van der Waals surface area contributed by atoms with Gasteiger partial charge in [0.2, 0.25) is 0 Å². The minimum Gasteiger partial charge on any atom is -0.497 e. The number of nitrogens with zero attached hydrogens (tertiary/aromatic N) is 3. The van der Waals surface area contributed by atoms with Gasteiger partial charge < -0.3 is 10.5 Å². The summed E-state index contributed by atoms with van der Waals surface area (Å²) in [6, 6.07) is 7.46. The molecular formula is C18H16N4O2. The molecule has 0 atom stereocenters. The number of benzene rings is 1. The number of nitrogens with two attached hydrogens (primary N) is 1. The Kier molecular flexibility index (Phi) is 3.45. The van der Waals surface area contributed by atoms with E-state index < -0.39 is 5.91 Å². The molecular weight excluding hydrogens is 304 g/mol. The van der Waals surface area contributed by atoms with Crippen LogP contribution in [0.5, 0.6) is 5.75 Å². The highest BCUT2D eigenvalue weighted by atomic mass is 16.5. The first-order chi connectivity index (χ1) is 11.7. The van der Waals surface area contributed by atoms with Crippen LogP contribution in [0.15, 0.2) is 30.5 Å². The number of rotatable bonds is 3. The highest BCUT2D eigenvalue weighted by Crippen LogP contribution is 2.30. The fraction of sp³-hybridized carbons (Fsp3) is 0.222. The molecule has 1 aromatic carbocycles. The van der Waals surface area contributed by atoms with Crippen molar-refractivity contribution < 1.29 is 9.53 Å². The normalized spacial score (nSPS) is 13.7. The van der Waals surface area contributed by atoms with Crippen LogP contribution >= 0.6 is 0 Å². The zero-order chi connectivity index (χ0) is 16.7. The Morgan fingerprint density at radius 2 is 2.25 bits per heavy atom. The number of pyridine rings is 1. The van der Waals surface area contributed by atoms with Gasteiger partial charge in [0.1, 0.15) is 11.4 Å². The van der Waals surface area contributed by atoms with E-state index in [1.165, 1.54) is 0 Å². The number of primary amides is 1. The van der Waals surface area contributed by atoms with Crippen molar-refractivity contribution in [3.8, 4) is 11.4 Å². The maximum Gasteiger partial charge on any atom is 0.267 e. The second-order valence-electron chi connectivity index (χ2n) is 5.69. The Balaban J connectivity index is 2.01. The van der Waals surface area contributed by atoms with Crippen LogP contribution in [0.1, 0.15) is 28.2 Å². The molecule has 2 N–H and O–H groups in total. The molecule has 6 heteroatoms. The maximum absolute atomic E-state index is 12.1. The Bertz CT molecular complexity index is 946. The quantitative estimate of drug-likeness (QED) is 0.801. The molecule has 24 heavy (non-hydrogen) atoms. The third-order valence-electron chi connectivity index (χ3n) is 4.30. The topological polar surface area (TPSA) is 83.0 Å². The van der Waals surface area contributed by atoms with Gasteiger partial charge in [-0.05, 0) is 49.9 Å². The summed E-state index contributed by atoms with van der Waals surface area (Å²) in [6.07, 6.45) is 7.15. The third kappa shape index (κ3) is 2.22. The number of carbonyl (C=O) groups excluding carboxylic acids is 1. The monoisotopic (exact) mass is 320 g/mol. The molecule has 0 fully saturated rings. The summed E-state index contributed by atoms with van der Waals surface area (Å²) < 4.78 is 6.96. The lowest BCUT2D eigenvalue weighted by atomic mass is 9.95. The molecule has 6 nitrogen and oxygen atoms in total. The zero-order valence-corrected chi connectivity index (χ0v) is 13.2. The Hall–Kier alpha value is -2.89. The van der Waals surface area contributed by atoms with Gasteiger partial charge in [-0.25, -0.2) is 4.68 Å². The highest BCUT2D eigenvalue weighted by molar-refractivity contribution is 5.95. The fourth-order valence-electron chi connectivity index (χ4n) is 3.17. The number of hydrogen-bond donors (Lipinski definition) is 1. The van der Waals surface area contributed by atoms with Crippen molar-refractivity contribution in [1.82, 2.24) is 14.8 Å². The predicted octanol–water partition coefficient (Wildman–Crippen LogP) is 2.10. The summed E-state index contributed by atoms with van der Waals surface area (Å²) >= 11 is 0. The molecule has 0 unspecified atom stereocenters. The molecule has 2 heterocycles. The van der Waals surface area contributed by atoms with Crippen LogP contribution < -0.4 is 10.5 Å². The summed E-state index contributed by atoms with van der Waals surface area (Å²) in [7, 11) is 1.62. The smallest absolute Gasteiger partial charge is 0.267 e. The van der Waals surface area contributed by atoms with Crippen LogP contribution in [0.2, 0.25) is 0 Å². The van der Waals surface area contributed by atoms with Gasteiger partial charge in [0.05, 0.1) is 24.0 Å². The van der Waals surface area contributed by atoms with Crippen LogP contribution in [-0.2, 0) is 12.8 Å². The molecule has 120 valence electrons. The van der Waals surface area contributed by atoms with E-state index in [-0.39, 0.29) is 0 Å². The standard InChI is InChI=1S/C18H16N4O2/c1-24-11-6-7-14-13(10-11)16(8-9-20-14)22-17(18(19)23)12-4-2-3-5-15(12)21-22/h6-10H,2,4-5H2,1H3,(H2,19,23). The summed E-state index contributed by atoms with van der Waals surface area (Å²) in [6.45, 7) is 0. The van der Waals surface area contributed by atoms with E-state index in [4.69, 9.17) is 10.5 Å². The van der Waals surface area contributed by atoms with Crippen LogP contribution in [0.3, 0.4) is 0 Å². The van der Waals surface area contributed by atoms with Crippen molar-refractivity contribution in [1.29, 1.82) is 0 Å². The molecule has 0 spiro atoms. The largest absolute Gasteiger partial charge is 0.497 e. The van der Waals surface area contributed by atoms with Gasteiger partial charge in [-0.2, -0.15) is 5.10 Å². The predicted molar refractivity (Wildman–Crippen MR) is 89.2 cm³/mol. The lowest BCUT2D eigenvalue weighted by Gasteiger charge is -2.11. The van der Waals surface area contributed by atoms with Crippen molar-refractivity contribution in [3.63, 3.8) is 0 Å². The van der Waals surface area contributed by atoms with Crippen LogP contribution in [-0.4, -0.2) is 27.8 Å². The molecule has 0 saturated heterocycles. The Morgan fingerprint density at radius 1 is 1.38 bits per heavy atom. The number of carbonyl (C=O) groups is 1. The molecule has 1 aliphatic carbocycles. The molecule has 1 aliphatic rings. The first-order valence-electron chi connectivity index (χ1n) is 7.73. The zero-order valence-electron chi connectivity index (χ0n) is 13.2. The van der Waals surface area contributed by atoms with E-state index in [1.807, 2.05) is 24.3 Å². The van der Waals surface area contributed by atoms with Crippen LogP contribution in [0.25, 0.3) is 16.6 Å². The van der Waals surface area contributed by atoms with E-state index in [9.17, 15) is 4.79 Å². The molecule has 1 amide bonds. The second-order valence-corrected chi connectivity index (χ2v) is 5.69. The Labute approximate surface area is 139 Å². The van der Waals surface area contributed by atoms with E-state index in [2.05, 4.69) is 16.5 Å². The molecule has 3 aromatic rings. The van der Waals surface area contributed by atoms with E-state index in [1.54, 1.807) is 18.0 Å². The van der Waals surface area contributed by atoms with Gasteiger partial charge in [0, 0.05) is 17.1 Å². The number of amides is 1. The average Bonchev–Trinajstić information content (AvgIpc) is 3.00. The van der Waals surface area contributed by atoms with Crippen LogP contribution in [0.4, 0.5) is 0 Å². The maximum atomic E-state index is 12.1. The number of fused-ring (bicyclic) bond motifs is 2. The summed E-state index contributed by atoms with van der Waals surface area (Å²) in [5.41, 5.74) is 9.46. The number of ether oxygens (including phenoxy) is 1. The van der Waals surface area contributed by atoms with Gasteiger partial charge in [-0.1, -0.05) is 0 Å². The second kappa shape index (κ2) is 5.63. The molecule has 2 radical (unpaired) electrons. The molecule has 0 saturated carbocycles. The molecule has 0 bridgehead atoms. The van der Waals surface area contributed by atoms with E-state index in [0.29, 0.717) is 12.1 Å². The number of hydrogen-bond acceptors (Lipinski definition) is 4. The van der Waals surface area contributed by atoms with Crippen LogP contribution in [0, 0.1) is 6.42 Å². The first-order valence-corrected chi connectivity index (χ1v) is 7.73. The van der Waals surface area contributed by atoms with Crippen molar-refractivity contribution >= 4 is 16.8 Å². The minimum atomic E-state index is -0.474. The molecule has 4 rings (SSSR count). The van der Waals surface area contributed by atoms with E-state index in [0.717, 1.165) is 46.4 Å². The summed E-state index contributed by atoms with van der Waals surface area (Å²) in [5, 5.41) is 5.49. The first kappa shape index (κ1) is 14.7. The van der Waals surface area contributed by atoms with Crippen molar-refractivity contribution in [2.24, 2.45) is 5.73 Å². The fourth-order valence-corrected chi connectivity index (χ4v) is 3.17. The van der Waals surface area contributed by atoms with Gasteiger partial charge in [0.15, 0.2) is 0 Å². The highest BCUT2D eigenvalue weighted by Gasteiger charge is 2.25. The summed E-state index contributed by atoms with van der Waals surface area (Å²) in [4.78, 5) is 16.5. The van der Waals surface area contributed by atoms with Crippen molar-refractivity contribution in [3.05, 3.63) is 53.8 Å². The third-order valence-corrected chi connectivity index (χ3v) is 4.30. The Morgan fingerprint density at radius 3 is 3.04 bits per heavy atom. The van der Waals surface area contributed by atoms with Crippen molar-refractivity contribution in [2.75, 3.05) is 7.11 Å². The SMILES string of the molecule is COc1ccc2nccc(-n3nc4c(c3C(N)=O)CC[C]C4)c2c1. The lowest BCUT2D eigenvalue weighted by molar-refractivity contribution is 0.0992. The van der Waals surface area contributed by atoms with Gasteiger partial charge in [-0.15, -0.1) is 0 Å². The molecule has 0 aliphatic heterocycles. The van der Waals surface area contributed by atoms with Gasteiger partial charge in [-0.3, -0.25) is 9.78 Å².